The molecular weight excluding hydrogens is 641 g/mol. The van der Waals surface area contributed by atoms with Crippen LogP contribution in [0.2, 0.25) is 0 Å². The molecule has 2 unspecified atom stereocenters. The van der Waals surface area contributed by atoms with Crippen molar-refractivity contribution in [3.63, 3.8) is 0 Å². The predicted octanol–water partition coefficient (Wildman–Crippen LogP) is 10.4. The molecule has 2 atom stereocenters. The Balaban J connectivity index is 4.34. The molecule has 0 fully saturated rings. The van der Waals surface area contributed by atoms with Crippen LogP contribution in [0.3, 0.4) is 0 Å². The highest BCUT2D eigenvalue weighted by Crippen LogP contribution is 2.48. The standard InChI is InChI=1S/C39H78NO8P/c1-5-7-9-11-13-15-17-19-21-23-25-27-29-31-38(41)45-35-37(36-47-49(43,44-4)46-34-33-40-3)48-39(42)32-30-28-26-24-22-20-18-16-14-12-10-8-6-2/h37,40H,5-36H2,1-4H3/p+1. The highest BCUT2D eigenvalue weighted by atomic mass is 31.2. The van der Waals surface area contributed by atoms with E-state index in [2.05, 4.69) is 13.8 Å². The molecule has 0 spiro atoms. The van der Waals surface area contributed by atoms with Gasteiger partial charge in [0.1, 0.15) is 13.2 Å². The maximum absolute atomic E-state index is 12.8. The van der Waals surface area contributed by atoms with Gasteiger partial charge in [-0.25, -0.2) is 4.57 Å². The molecule has 0 aromatic heterocycles. The summed E-state index contributed by atoms with van der Waals surface area (Å²) in [6.45, 7) is 4.87. The fourth-order valence-electron chi connectivity index (χ4n) is 5.79. The van der Waals surface area contributed by atoms with Crippen molar-refractivity contribution in [2.24, 2.45) is 0 Å². The van der Waals surface area contributed by atoms with E-state index in [4.69, 9.17) is 23.0 Å². The smallest absolute Gasteiger partial charge is 0.462 e. The number of phosphoric acid groups is 1. The lowest BCUT2D eigenvalue weighted by atomic mass is 10.0. The molecule has 0 aromatic carbocycles. The molecule has 0 aliphatic heterocycles. The Bertz CT molecular complexity index is 784. The van der Waals surface area contributed by atoms with Gasteiger partial charge in [0.2, 0.25) is 0 Å². The molecule has 0 aromatic rings. The Labute approximate surface area is 302 Å². The van der Waals surface area contributed by atoms with Gasteiger partial charge < -0.3 is 14.8 Å². The van der Waals surface area contributed by atoms with E-state index in [1.165, 1.54) is 136 Å². The van der Waals surface area contributed by atoms with Crippen LogP contribution >= 0.6 is 7.82 Å². The molecule has 0 rings (SSSR count). The monoisotopic (exact) mass is 721 g/mol. The van der Waals surface area contributed by atoms with Crippen LogP contribution < -0.4 is 5.32 Å². The number of hydrogen-bond donors (Lipinski definition) is 1. The predicted molar refractivity (Wildman–Crippen MR) is 201 cm³/mol. The van der Waals surface area contributed by atoms with Crippen LogP contribution in [0, 0.1) is 0 Å². The van der Waals surface area contributed by atoms with Gasteiger partial charge in [0.05, 0.1) is 20.2 Å². The van der Waals surface area contributed by atoms with Crippen LogP contribution in [0.15, 0.2) is 0 Å². The van der Waals surface area contributed by atoms with Crippen LogP contribution in [0.25, 0.3) is 0 Å². The Morgan fingerprint density at radius 3 is 1.33 bits per heavy atom. The third kappa shape index (κ3) is 33.9. The fourth-order valence-corrected chi connectivity index (χ4v) is 6.76. The van der Waals surface area contributed by atoms with Gasteiger partial charge in [-0.1, -0.05) is 168 Å². The normalized spacial score (nSPS) is 13.3. The topological polar surface area (TPSA) is 114 Å². The molecule has 292 valence electrons. The number of unbranched alkanes of at least 4 members (excludes halogenated alkanes) is 24. The fraction of sp³-hybridized carbons (Fsp3) is 0.949. The number of carbonyl (C=O) groups excluding carboxylic acids is 2. The summed E-state index contributed by atoms with van der Waals surface area (Å²) in [6, 6.07) is 0. The second kappa shape index (κ2) is 36.8. The Morgan fingerprint density at radius 1 is 0.551 bits per heavy atom. The van der Waals surface area contributed by atoms with Crippen LogP contribution in [-0.2, 0) is 37.2 Å². The van der Waals surface area contributed by atoms with Gasteiger partial charge in [-0.05, 0) is 12.8 Å². The van der Waals surface area contributed by atoms with Crippen molar-refractivity contribution in [3.05, 3.63) is 0 Å². The number of phosphoric ester groups is 1. The molecule has 0 bridgehead atoms. The quantitative estimate of drug-likeness (QED) is 0.0379. The zero-order valence-electron chi connectivity index (χ0n) is 32.5. The van der Waals surface area contributed by atoms with Crippen LogP contribution in [-0.4, -0.2) is 58.6 Å². The van der Waals surface area contributed by atoms with Gasteiger partial charge in [0.15, 0.2) is 6.10 Å². The van der Waals surface area contributed by atoms with Crippen molar-refractivity contribution < 1.29 is 42.5 Å². The Kier molecular flexibility index (Phi) is 36.0. The minimum absolute atomic E-state index is 0.159. The third-order valence-electron chi connectivity index (χ3n) is 9.00. The van der Waals surface area contributed by atoms with E-state index in [1.807, 2.05) is 12.4 Å². The zero-order valence-corrected chi connectivity index (χ0v) is 33.4. The minimum Gasteiger partial charge on any atom is -0.462 e. The average Bonchev–Trinajstić information content (AvgIpc) is 3.10. The van der Waals surface area contributed by atoms with Gasteiger partial charge in [-0.2, -0.15) is 0 Å². The van der Waals surface area contributed by atoms with Gasteiger partial charge >= 0.3 is 19.8 Å². The molecule has 0 saturated heterocycles. The van der Waals surface area contributed by atoms with Gasteiger partial charge in [-0.3, -0.25) is 23.2 Å². The lowest BCUT2D eigenvalue weighted by molar-refractivity contribution is -0.627. The number of hydrogen-bond acceptors (Lipinski definition) is 8. The molecule has 0 heterocycles. The molecule has 49 heavy (non-hydrogen) atoms. The largest absolute Gasteiger partial charge is 0.474 e. The molecule has 0 aliphatic carbocycles. The molecule has 9 nitrogen and oxygen atoms in total. The van der Waals surface area contributed by atoms with E-state index in [0.717, 1.165) is 38.5 Å². The number of likely N-dealkylation sites (N-methyl/N-ethyl adjacent to an activating group) is 1. The van der Waals surface area contributed by atoms with Gasteiger partial charge in [0.25, 0.3) is 0 Å². The summed E-state index contributed by atoms with van der Waals surface area (Å²) in [6.07, 6.45) is 31.8. The van der Waals surface area contributed by atoms with E-state index in [1.54, 1.807) is 0 Å². The number of nitrogens with two attached hydrogens (primary N) is 1. The number of esters is 2. The second-order valence-electron chi connectivity index (χ2n) is 13.7. The van der Waals surface area contributed by atoms with Gasteiger partial charge in [0, 0.05) is 20.0 Å². The number of quaternary nitrogens is 1. The van der Waals surface area contributed by atoms with Crippen molar-refractivity contribution in [3.8, 4) is 0 Å². The lowest BCUT2D eigenvalue weighted by Crippen LogP contribution is -2.80. The molecule has 10 heteroatoms. The first-order valence-corrected chi connectivity index (χ1v) is 21.9. The van der Waals surface area contributed by atoms with E-state index in [9.17, 15) is 14.2 Å². The van der Waals surface area contributed by atoms with Gasteiger partial charge in [-0.15, -0.1) is 0 Å². The average molecular weight is 721 g/mol. The second-order valence-corrected chi connectivity index (χ2v) is 15.5. The van der Waals surface area contributed by atoms with E-state index in [-0.39, 0.29) is 38.2 Å². The lowest BCUT2D eigenvalue weighted by Gasteiger charge is -2.21. The first-order valence-electron chi connectivity index (χ1n) is 20.5. The highest BCUT2D eigenvalue weighted by Gasteiger charge is 2.28. The molecule has 0 aliphatic rings. The Hall–Kier alpha value is -0.990. The molecule has 0 radical (unpaired) electrons. The van der Waals surface area contributed by atoms with Crippen molar-refractivity contribution in [1.29, 1.82) is 0 Å². The van der Waals surface area contributed by atoms with E-state index < -0.39 is 13.9 Å². The zero-order chi connectivity index (χ0) is 36.1. The summed E-state index contributed by atoms with van der Waals surface area (Å²) >= 11 is 0. The summed E-state index contributed by atoms with van der Waals surface area (Å²) in [5.41, 5.74) is 0. The maximum Gasteiger partial charge on any atom is 0.474 e. The molecule has 0 saturated carbocycles. The number of rotatable bonds is 39. The van der Waals surface area contributed by atoms with Crippen LogP contribution in [0.4, 0.5) is 0 Å². The Morgan fingerprint density at radius 2 is 0.939 bits per heavy atom. The minimum atomic E-state index is -3.82. The van der Waals surface area contributed by atoms with Crippen molar-refractivity contribution in [2.45, 2.75) is 200 Å². The van der Waals surface area contributed by atoms with Crippen molar-refractivity contribution >= 4 is 19.8 Å². The SMILES string of the molecule is CCCCCCCCCCCCCCCC(=O)OCC(COP(=O)(OC)OCC[NH2+]C)OC(=O)CCCCCCCCCCCCCCC. The first kappa shape index (κ1) is 48.0. The summed E-state index contributed by atoms with van der Waals surface area (Å²) in [4.78, 5) is 25.1. The first-order chi connectivity index (χ1) is 23.9. The number of ether oxygens (including phenoxy) is 2. The molecular formula is C39H79NO8P+. The molecule has 0 amide bonds. The molecule has 2 N–H and O–H groups in total. The highest BCUT2D eigenvalue weighted by molar-refractivity contribution is 7.48. The number of carbonyl (C=O) groups is 2. The van der Waals surface area contributed by atoms with Crippen LogP contribution in [0.1, 0.15) is 194 Å². The summed E-state index contributed by atoms with van der Waals surface area (Å²) < 4.78 is 39.7. The maximum atomic E-state index is 12.8. The van der Waals surface area contributed by atoms with Crippen molar-refractivity contribution in [2.75, 3.05) is 40.5 Å². The summed E-state index contributed by atoms with van der Waals surface area (Å²) in [7, 11) is -0.694. The summed E-state index contributed by atoms with van der Waals surface area (Å²) in [5, 5.41) is 1.89. The summed E-state index contributed by atoms with van der Waals surface area (Å²) in [5.74, 6) is -0.705. The van der Waals surface area contributed by atoms with E-state index in [0.29, 0.717) is 13.0 Å². The van der Waals surface area contributed by atoms with Crippen LogP contribution in [0.5, 0.6) is 0 Å². The van der Waals surface area contributed by atoms with E-state index >= 15 is 0 Å². The van der Waals surface area contributed by atoms with Crippen molar-refractivity contribution in [1.82, 2.24) is 0 Å². The third-order valence-corrected chi connectivity index (χ3v) is 10.4.